The second-order valence-corrected chi connectivity index (χ2v) is 5.97. The highest BCUT2D eigenvalue weighted by molar-refractivity contribution is 9.10. The summed E-state index contributed by atoms with van der Waals surface area (Å²) in [5.41, 5.74) is 1.21. The molecule has 1 heterocycles. The molecular formula is C15H22BrNO2. The van der Waals surface area contributed by atoms with Gasteiger partial charge in [-0.3, -0.25) is 0 Å². The minimum atomic E-state index is 0.290. The van der Waals surface area contributed by atoms with Crippen LogP contribution in [0.1, 0.15) is 31.4 Å². The third kappa shape index (κ3) is 4.20. The number of nitrogens with one attached hydrogen (secondary N) is 1. The summed E-state index contributed by atoms with van der Waals surface area (Å²) in [4.78, 5) is 0. The van der Waals surface area contributed by atoms with E-state index < -0.39 is 0 Å². The monoisotopic (exact) mass is 327 g/mol. The fourth-order valence-corrected chi connectivity index (χ4v) is 2.61. The Balaban J connectivity index is 2.02. The predicted molar refractivity (Wildman–Crippen MR) is 80.7 cm³/mol. The highest BCUT2D eigenvalue weighted by Crippen LogP contribution is 2.29. The largest absolute Gasteiger partial charge is 0.493 e. The van der Waals surface area contributed by atoms with Crippen molar-refractivity contribution in [2.45, 2.75) is 25.8 Å². The smallest absolute Gasteiger partial charge is 0.125 e. The van der Waals surface area contributed by atoms with Crippen LogP contribution in [0, 0.1) is 5.92 Å². The summed E-state index contributed by atoms with van der Waals surface area (Å²) in [6.07, 6.45) is 2.20. The predicted octanol–water partition coefficient (Wildman–Crippen LogP) is 3.53. The van der Waals surface area contributed by atoms with Crippen molar-refractivity contribution < 1.29 is 9.47 Å². The molecule has 106 valence electrons. The van der Waals surface area contributed by atoms with Gasteiger partial charge in [-0.15, -0.1) is 0 Å². The molecule has 1 saturated heterocycles. The van der Waals surface area contributed by atoms with Crippen LogP contribution in [-0.2, 0) is 4.74 Å². The molecule has 19 heavy (non-hydrogen) atoms. The molecule has 1 aromatic carbocycles. The average Bonchev–Trinajstić information content (AvgIpc) is 2.45. The lowest BCUT2D eigenvalue weighted by molar-refractivity contribution is 0.0495. The minimum Gasteiger partial charge on any atom is -0.493 e. The van der Waals surface area contributed by atoms with Crippen LogP contribution in [0.5, 0.6) is 5.75 Å². The SMILES string of the molecule is CNC(C)c1ccc(Br)cc1OCC1CCOCC1. The van der Waals surface area contributed by atoms with E-state index in [0.29, 0.717) is 5.92 Å². The molecule has 0 spiro atoms. The molecule has 1 atom stereocenters. The summed E-state index contributed by atoms with van der Waals surface area (Å²) in [6, 6.07) is 6.52. The van der Waals surface area contributed by atoms with Gasteiger partial charge in [-0.05, 0) is 44.9 Å². The van der Waals surface area contributed by atoms with Crippen LogP contribution in [0.2, 0.25) is 0 Å². The van der Waals surface area contributed by atoms with Crippen molar-refractivity contribution in [3.05, 3.63) is 28.2 Å². The Morgan fingerprint density at radius 3 is 2.84 bits per heavy atom. The molecule has 1 aliphatic heterocycles. The Morgan fingerprint density at radius 2 is 2.16 bits per heavy atom. The topological polar surface area (TPSA) is 30.5 Å². The molecule has 0 aliphatic carbocycles. The average molecular weight is 328 g/mol. The van der Waals surface area contributed by atoms with E-state index in [1.807, 2.05) is 7.05 Å². The molecule has 4 heteroatoms. The molecule has 0 radical (unpaired) electrons. The van der Waals surface area contributed by atoms with E-state index in [0.717, 1.165) is 42.9 Å². The first-order valence-corrected chi connectivity index (χ1v) is 7.67. The molecule has 0 aromatic heterocycles. The molecule has 1 aliphatic rings. The third-order valence-corrected chi connectivity index (χ3v) is 4.18. The number of hydrogen-bond donors (Lipinski definition) is 1. The summed E-state index contributed by atoms with van der Waals surface area (Å²) in [5.74, 6) is 1.59. The van der Waals surface area contributed by atoms with Crippen LogP contribution >= 0.6 is 15.9 Å². The lowest BCUT2D eigenvalue weighted by atomic mass is 10.0. The van der Waals surface area contributed by atoms with Crippen LogP contribution in [-0.4, -0.2) is 26.9 Å². The van der Waals surface area contributed by atoms with Crippen molar-refractivity contribution >= 4 is 15.9 Å². The van der Waals surface area contributed by atoms with Crippen molar-refractivity contribution in [3.63, 3.8) is 0 Å². The molecule has 1 fully saturated rings. The van der Waals surface area contributed by atoms with Gasteiger partial charge >= 0.3 is 0 Å². The van der Waals surface area contributed by atoms with Crippen LogP contribution in [0.15, 0.2) is 22.7 Å². The number of ether oxygens (including phenoxy) is 2. The normalized spacial score (nSPS) is 18.3. The zero-order chi connectivity index (χ0) is 13.7. The molecule has 3 nitrogen and oxygen atoms in total. The molecule has 0 bridgehead atoms. The molecule has 0 saturated carbocycles. The number of hydrogen-bond acceptors (Lipinski definition) is 3. The van der Waals surface area contributed by atoms with Gasteiger partial charge in [0, 0.05) is 29.3 Å². The molecule has 1 N–H and O–H groups in total. The zero-order valence-electron chi connectivity index (χ0n) is 11.6. The fraction of sp³-hybridized carbons (Fsp3) is 0.600. The Morgan fingerprint density at radius 1 is 1.42 bits per heavy atom. The van der Waals surface area contributed by atoms with Gasteiger partial charge in [-0.25, -0.2) is 0 Å². The van der Waals surface area contributed by atoms with E-state index in [2.05, 4.69) is 46.4 Å². The third-order valence-electron chi connectivity index (χ3n) is 3.69. The van der Waals surface area contributed by atoms with E-state index >= 15 is 0 Å². The number of rotatable bonds is 5. The summed E-state index contributed by atoms with van der Waals surface area (Å²) in [6.45, 7) is 4.66. The van der Waals surface area contributed by atoms with E-state index in [4.69, 9.17) is 9.47 Å². The number of benzene rings is 1. The second-order valence-electron chi connectivity index (χ2n) is 5.06. The first-order valence-electron chi connectivity index (χ1n) is 6.88. The standard InChI is InChI=1S/C15H22BrNO2/c1-11(17-2)14-4-3-13(16)9-15(14)19-10-12-5-7-18-8-6-12/h3-4,9,11-12,17H,5-8,10H2,1-2H3. The highest BCUT2D eigenvalue weighted by Gasteiger charge is 2.16. The van der Waals surface area contributed by atoms with Gasteiger partial charge in [0.2, 0.25) is 0 Å². The van der Waals surface area contributed by atoms with Crippen molar-refractivity contribution in [2.24, 2.45) is 5.92 Å². The van der Waals surface area contributed by atoms with E-state index in [1.54, 1.807) is 0 Å². The van der Waals surface area contributed by atoms with Crippen LogP contribution in [0.4, 0.5) is 0 Å². The van der Waals surface area contributed by atoms with Crippen molar-refractivity contribution in [1.82, 2.24) is 5.32 Å². The molecule has 1 unspecified atom stereocenters. The highest BCUT2D eigenvalue weighted by atomic mass is 79.9. The number of halogens is 1. The van der Waals surface area contributed by atoms with Gasteiger partial charge in [0.15, 0.2) is 0 Å². The zero-order valence-corrected chi connectivity index (χ0v) is 13.2. The minimum absolute atomic E-state index is 0.290. The molecular weight excluding hydrogens is 306 g/mol. The summed E-state index contributed by atoms with van der Waals surface area (Å²) >= 11 is 3.51. The van der Waals surface area contributed by atoms with Gasteiger partial charge in [-0.1, -0.05) is 22.0 Å². The Hall–Kier alpha value is -0.580. The van der Waals surface area contributed by atoms with Crippen molar-refractivity contribution in [2.75, 3.05) is 26.9 Å². The van der Waals surface area contributed by atoms with Gasteiger partial charge < -0.3 is 14.8 Å². The first kappa shape index (κ1) is 14.8. The lowest BCUT2D eigenvalue weighted by Crippen LogP contribution is -2.22. The Labute approximate surface area is 123 Å². The Bertz CT molecular complexity index is 405. The molecule has 1 aromatic rings. The van der Waals surface area contributed by atoms with Crippen LogP contribution in [0.25, 0.3) is 0 Å². The van der Waals surface area contributed by atoms with Crippen molar-refractivity contribution in [3.8, 4) is 5.75 Å². The van der Waals surface area contributed by atoms with Crippen molar-refractivity contribution in [1.29, 1.82) is 0 Å². The first-order chi connectivity index (χ1) is 9.20. The molecule has 2 rings (SSSR count). The maximum absolute atomic E-state index is 6.05. The fourth-order valence-electron chi connectivity index (χ4n) is 2.27. The van der Waals surface area contributed by atoms with E-state index in [-0.39, 0.29) is 6.04 Å². The summed E-state index contributed by atoms with van der Waals surface area (Å²) < 4.78 is 12.5. The van der Waals surface area contributed by atoms with Crippen LogP contribution < -0.4 is 10.1 Å². The van der Waals surface area contributed by atoms with Gasteiger partial charge in [0.25, 0.3) is 0 Å². The van der Waals surface area contributed by atoms with E-state index in [1.165, 1.54) is 5.56 Å². The van der Waals surface area contributed by atoms with Gasteiger partial charge in [0.05, 0.1) is 6.61 Å². The maximum atomic E-state index is 6.05. The lowest BCUT2D eigenvalue weighted by Gasteiger charge is -2.23. The van der Waals surface area contributed by atoms with Gasteiger partial charge in [0.1, 0.15) is 5.75 Å². The van der Waals surface area contributed by atoms with Crippen LogP contribution in [0.3, 0.4) is 0 Å². The second kappa shape index (κ2) is 7.27. The quantitative estimate of drug-likeness (QED) is 0.897. The van der Waals surface area contributed by atoms with Gasteiger partial charge in [-0.2, -0.15) is 0 Å². The molecule has 0 amide bonds. The Kier molecular flexibility index (Phi) is 5.67. The summed E-state index contributed by atoms with van der Waals surface area (Å²) in [7, 11) is 1.97. The summed E-state index contributed by atoms with van der Waals surface area (Å²) in [5, 5.41) is 3.26. The van der Waals surface area contributed by atoms with E-state index in [9.17, 15) is 0 Å². The maximum Gasteiger partial charge on any atom is 0.125 e.